The van der Waals surface area contributed by atoms with Crippen molar-refractivity contribution in [3.05, 3.63) is 0 Å². The Labute approximate surface area is 219 Å². The molecule has 0 bridgehead atoms. The monoisotopic (exact) mass is 519 g/mol. The van der Waals surface area contributed by atoms with Gasteiger partial charge in [0, 0.05) is 0 Å². The molecule has 0 aliphatic heterocycles. The number of phosphoric ester groups is 1. The number of nitrogens with zero attached hydrogens (tertiary/aromatic N) is 1. The molecule has 0 aliphatic rings. The minimum Gasteiger partial charge on any atom is -0.756 e. The Bertz CT molecular complexity index is 519. The highest BCUT2D eigenvalue weighted by molar-refractivity contribution is 7.45. The smallest absolute Gasteiger partial charge is 0.268 e. The van der Waals surface area contributed by atoms with Crippen LogP contribution in [-0.4, -0.2) is 45.4 Å². The summed E-state index contributed by atoms with van der Waals surface area (Å²) in [5.74, 6) is 0. The third-order valence-electron chi connectivity index (χ3n) is 6.97. The van der Waals surface area contributed by atoms with Crippen LogP contribution < -0.4 is 4.89 Å². The molecule has 0 aromatic carbocycles. The molecule has 0 heterocycles. The molecule has 0 fully saturated rings. The first-order valence-electron chi connectivity index (χ1n) is 14.9. The van der Waals surface area contributed by atoms with Crippen molar-refractivity contribution in [1.82, 2.24) is 0 Å². The molecule has 5 nitrogen and oxygen atoms in total. The van der Waals surface area contributed by atoms with Gasteiger partial charge in [-0.1, -0.05) is 124 Å². The summed E-state index contributed by atoms with van der Waals surface area (Å²) in [5, 5.41) is 0. The number of hydrogen-bond acceptors (Lipinski definition) is 4. The number of hydrogen-bond donors (Lipinski definition) is 0. The fourth-order valence-corrected chi connectivity index (χ4v) is 5.18. The molecule has 0 spiro atoms. The van der Waals surface area contributed by atoms with E-state index >= 15 is 0 Å². The van der Waals surface area contributed by atoms with Crippen LogP contribution in [0, 0.1) is 5.41 Å². The van der Waals surface area contributed by atoms with Gasteiger partial charge in [0.25, 0.3) is 7.82 Å². The van der Waals surface area contributed by atoms with E-state index in [-0.39, 0.29) is 13.2 Å². The van der Waals surface area contributed by atoms with Gasteiger partial charge in [0.2, 0.25) is 0 Å². The van der Waals surface area contributed by atoms with E-state index in [4.69, 9.17) is 9.05 Å². The fourth-order valence-electron chi connectivity index (χ4n) is 4.45. The second kappa shape index (κ2) is 21.1. The summed E-state index contributed by atoms with van der Waals surface area (Å²) in [6.45, 7) is 8.11. The van der Waals surface area contributed by atoms with Crippen LogP contribution in [-0.2, 0) is 13.6 Å². The average Bonchev–Trinajstić information content (AvgIpc) is 2.75. The van der Waals surface area contributed by atoms with E-state index < -0.39 is 7.82 Å². The second-order valence-corrected chi connectivity index (χ2v) is 13.9. The summed E-state index contributed by atoms with van der Waals surface area (Å²) in [5.41, 5.74) is 0.415. The lowest BCUT2D eigenvalue weighted by Gasteiger charge is -2.27. The van der Waals surface area contributed by atoms with Crippen LogP contribution in [0.4, 0.5) is 0 Å². The lowest BCUT2D eigenvalue weighted by Crippen LogP contribution is -2.37. The second-order valence-electron chi connectivity index (χ2n) is 12.4. The first kappa shape index (κ1) is 35.1. The van der Waals surface area contributed by atoms with Crippen LogP contribution in [0.25, 0.3) is 0 Å². The topological polar surface area (TPSA) is 58.6 Å². The number of phosphoric acid groups is 1. The molecule has 0 rings (SSSR count). The molecular weight excluding hydrogens is 457 g/mol. The van der Waals surface area contributed by atoms with Crippen LogP contribution in [0.15, 0.2) is 0 Å². The molecule has 212 valence electrons. The highest BCUT2D eigenvalue weighted by Crippen LogP contribution is 2.38. The SMILES string of the molecule is CCCCCCCCCCCCCCCC(C)(C)CCCCCCOP(=O)([O-])OCC[N+](C)(C)C. The summed E-state index contributed by atoms with van der Waals surface area (Å²) in [6.07, 6.45) is 25.0. The Kier molecular flexibility index (Phi) is 21.1. The van der Waals surface area contributed by atoms with E-state index in [1.54, 1.807) is 0 Å². The van der Waals surface area contributed by atoms with Gasteiger partial charge in [0.05, 0.1) is 27.7 Å². The molecular formula is C29H62NO4P. The van der Waals surface area contributed by atoms with Crippen LogP contribution in [0.3, 0.4) is 0 Å². The van der Waals surface area contributed by atoms with Gasteiger partial charge in [-0.25, -0.2) is 0 Å². The van der Waals surface area contributed by atoms with E-state index in [0.717, 1.165) is 19.3 Å². The maximum atomic E-state index is 11.8. The van der Waals surface area contributed by atoms with Gasteiger partial charge >= 0.3 is 0 Å². The first-order chi connectivity index (χ1) is 16.5. The van der Waals surface area contributed by atoms with Gasteiger partial charge in [-0.3, -0.25) is 4.57 Å². The molecule has 0 aromatic rings. The Balaban J connectivity index is 3.53. The van der Waals surface area contributed by atoms with Gasteiger partial charge in [0.15, 0.2) is 0 Å². The standard InChI is InChI=1S/C29H62NO4P/c1-7-8-9-10-11-12-13-14-15-16-17-18-21-24-29(2,3)25-22-19-20-23-27-33-35(31,32)34-28-26-30(4,5)6/h7-28H2,1-6H3. The van der Waals surface area contributed by atoms with E-state index in [1.165, 1.54) is 103 Å². The Morgan fingerprint density at radius 1 is 0.629 bits per heavy atom. The molecule has 6 heteroatoms. The predicted molar refractivity (Wildman–Crippen MR) is 150 cm³/mol. The van der Waals surface area contributed by atoms with E-state index in [1.807, 2.05) is 21.1 Å². The lowest BCUT2D eigenvalue weighted by molar-refractivity contribution is -0.870. The number of quaternary nitrogens is 1. The first-order valence-corrected chi connectivity index (χ1v) is 16.3. The highest BCUT2D eigenvalue weighted by Gasteiger charge is 2.17. The zero-order valence-electron chi connectivity index (χ0n) is 24.6. The van der Waals surface area contributed by atoms with Crippen molar-refractivity contribution in [3.8, 4) is 0 Å². The van der Waals surface area contributed by atoms with Crippen molar-refractivity contribution < 1.29 is 23.0 Å². The van der Waals surface area contributed by atoms with Crippen molar-refractivity contribution in [3.63, 3.8) is 0 Å². The molecule has 0 radical (unpaired) electrons. The zero-order valence-corrected chi connectivity index (χ0v) is 25.5. The van der Waals surface area contributed by atoms with E-state index in [2.05, 4.69) is 20.8 Å². The zero-order chi connectivity index (χ0) is 26.5. The quantitative estimate of drug-likeness (QED) is 0.0652. The van der Waals surface area contributed by atoms with Crippen LogP contribution in [0.1, 0.15) is 143 Å². The van der Waals surface area contributed by atoms with Crippen LogP contribution >= 0.6 is 7.82 Å². The van der Waals surface area contributed by atoms with Gasteiger partial charge in [-0.15, -0.1) is 0 Å². The summed E-state index contributed by atoms with van der Waals surface area (Å²) < 4.78 is 22.4. The highest BCUT2D eigenvalue weighted by atomic mass is 31.2. The van der Waals surface area contributed by atoms with Crippen molar-refractivity contribution in [2.24, 2.45) is 5.41 Å². The minimum absolute atomic E-state index is 0.165. The lowest BCUT2D eigenvalue weighted by atomic mass is 9.82. The summed E-state index contributed by atoms with van der Waals surface area (Å²) >= 11 is 0. The fraction of sp³-hybridized carbons (Fsp3) is 1.00. The molecule has 1 unspecified atom stereocenters. The van der Waals surface area contributed by atoms with Gasteiger partial charge in [-0.2, -0.15) is 0 Å². The summed E-state index contributed by atoms with van der Waals surface area (Å²) in [7, 11) is 1.85. The molecule has 35 heavy (non-hydrogen) atoms. The predicted octanol–water partition coefficient (Wildman–Crippen LogP) is 8.65. The normalized spacial score (nSPS) is 14.4. The Hall–Kier alpha value is 0.0700. The third kappa shape index (κ3) is 26.9. The maximum absolute atomic E-state index is 11.8. The van der Waals surface area contributed by atoms with Crippen molar-refractivity contribution in [1.29, 1.82) is 0 Å². The number of unbranched alkanes of at least 4 members (excludes halogenated alkanes) is 15. The van der Waals surface area contributed by atoms with Crippen LogP contribution in [0.2, 0.25) is 0 Å². The summed E-state index contributed by atoms with van der Waals surface area (Å²) in [4.78, 5) is 11.8. The van der Waals surface area contributed by atoms with Crippen LogP contribution in [0.5, 0.6) is 0 Å². The van der Waals surface area contributed by atoms with E-state index in [0.29, 0.717) is 16.4 Å². The van der Waals surface area contributed by atoms with Gasteiger partial charge < -0.3 is 18.4 Å². The Morgan fingerprint density at radius 2 is 1.00 bits per heavy atom. The number of rotatable bonds is 26. The molecule has 0 aromatic heterocycles. The maximum Gasteiger partial charge on any atom is 0.268 e. The average molecular weight is 520 g/mol. The number of likely N-dealkylation sites (N-methyl/N-ethyl adjacent to an activating group) is 1. The molecule has 0 saturated carbocycles. The van der Waals surface area contributed by atoms with E-state index in [9.17, 15) is 9.46 Å². The molecule has 0 amide bonds. The van der Waals surface area contributed by atoms with Gasteiger partial charge in [0.1, 0.15) is 13.2 Å². The van der Waals surface area contributed by atoms with Crippen molar-refractivity contribution in [2.75, 3.05) is 40.9 Å². The Morgan fingerprint density at radius 3 is 1.43 bits per heavy atom. The molecule has 0 aliphatic carbocycles. The van der Waals surface area contributed by atoms with Crippen molar-refractivity contribution in [2.45, 2.75) is 143 Å². The third-order valence-corrected chi connectivity index (χ3v) is 7.96. The van der Waals surface area contributed by atoms with Gasteiger partial charge in [-0.05, 0) is 24.7 Å². The molecule has 0 saturated heterocycles. The summed E-state index contributed by atoms with van der Waals surface area (Å²) in [6, 6.07) is 0. The largest absolute Gasteiger partial charge is 0.756 e. The minimum atomic E-state index is -4.15. The molecule has 1 atom stereocenters. The van der Waals surface area contributed by atoms with Crippen molar-refractivity contribution >= 4 is 7.82 Å². The molecule has 0 N–H and O–H groups in total.